The number of carbonyl (C=O) groups is 1. The first-order valence-corrected chi connectivity index (χ1v) is 9.33. The van der Waals surface area contributed by atoms with Gasteiger partial charge < -0.3 is 20.5 Å². The predicted molar refractivity (Wildman–Crippen MR) is 120 cm³/mol. The number of aromatic nitrogens is 2. The summed E-state index contributed by atoms with van der Waals surface area (Å²) in [4.78, 5) is 20.4. The zero-order chi connectivity index (χ0) is 18.4. The van der Waals surface area contributed by atoms with E-state index in [1.165, 1.54) is 5.52 Å². The monoisotopic (exact) mass is 484 g/mol. The number of rotatable bonds is 8. The minimum absolute atomic E-state index is 0. The fourth-order valence-electron chi connectivity index (χ4n) is 3.00. The number of guanidine groups is 1. The van der Waals surface area contributed by atoms with Gasteiger partial charge >= 0.3 is 0 Å². The van der Waals surface area contributed by atoms with Crippen LogP contribution in [0.1, 0.15) is 25.1 Å². The number of aryl methyl sites for hydroxylation is 2. The highest BCUT2D eigenvalue weighted by molar-refractivity contribution is 14.0. The Kier molecular flexibility index (Phi) is 8.33. The molecule has 3 rings (SSSR count). The summed E-state index contributed by atoms with van der Waals surface area (Å²) < 4.78 is 2.25. The molecule has 1 saturated carbocycles. The van der Waals surface area contributed by atoms with Gasteiger partial charge in [-0.2, -0.15) is 0 Å². The number of imidazole rings is 1. The Labute approximate surface area is 177 Å². The van der Waals surface area contributed by atoms with Crippen LogP contribution in [0, 0.1) is 12.8 Å². The van der Waals surface area contributed by atoms with E-state index >= 15 is 0 Å². The Morgan fingerprint density at radius 1 is 1.19 bits per heavy atom. The smallest absolute Gasteiger partial charge is 0.223 e. The molecular weight excluding hydrogens is 455 g/mol. The molecule has 0 spiro atoms. The second kappa shape index (κ2) is 10.5. The minimum Gasteiger partial charge on any atom is -0.356 e. The number of hydrogen-bond acceptors (Lipinski definition) is 3. The van der Waals surface area contributed by atoms with E-state index in [9.17, 15) is 4.79 Å². The van der Waals surface area contributed by atoms with E-state index < -0.39 is 0 Å². The molecule has 3 N–H and O–H groups in total. The van der Waals surface area contributed by atoms with Crippen molar-refractivity contribution in [1.82, 2.24) is 25.5 Å². The molecule has 0 radical (unpaired) electrons. The van der Waals surface area contributed by atoms with Crippen molar-refractivity contribution in [2.24, 2.45) is 10.9 Å². The molecule has 0 unspecified atom stereocenters. The maximum absolute atomic E-state index is 11.6. The van der Waals surface area contributed by atoms with Crippen molar-refractivity contribution in [1.29, 1.82) is 0 Å². The third-order valence-electron chi connectivity index (χ3n) is 4.58. The zero-order valence-corrected chi connectivity index (χ0v) is 18.3. The van der Waals surface area contributed by atoms with E-state index in [0.717, 1.165) is 49.7 Å². The Hall–Kier alpha value is -1.84. The van der Waals surface area contributed by atoms with Gasteiger partial charge in [-0.1, -0.05) is 12.1 Å². The Balaban J connectivity index is 0.00000261. The molecule has 0 atom stereocenters. The van der Waals surface area contributed by atoms with Crippen molar-refractivity contribution in [3.8, 4) is 0 Å². The highest BCUT2D eigenvalue weighted by Gasteiger charge is 2.28. The molecule has 0 saturated heterocycles. The maximum Gasteiger partial charge on any atom is 0.223 e. The second-order valence-corrected chi connectivity index (χ2v) is 6.64. The van der Waals surface area contributed by atoms with Crippen molar-refractivity contribution in [2.45, 2.75) is 32.7 Å². The van der Waals surface area contributed by atoms with Gasteiger partial charge in [-0.05, 0) is 38.3 Å². The van der Waals surface area contributed by atoms with Crippen molar-refractivity contribution in [2.75, 3.05) is 26.7 Å². The molecule has 1 fully saturated rings. The van der Waals surface area contributed by atoms with Crippen LogP contribution in [-0.4, -0.2) is 48.1 Å². The molecule has 7 nitrogen and oxygen atoms in total. The number of nitrogens with one attached hydrogen (secondary N) is 3. The lowest BCUT2D eigenvalue weighted by molar-refractivity contribution is -0.122. The normalized spacial score (nSPS) is 13.9. The number of para-hydroxylation sites is 2. The SMILES string of the molecule is CN=C(NCCCn1c(C)nc2ccccc21)NCCNC(=O)C1CC1.I. The third kappa shape index (κ3) is 6.08. The lowest BCUT2D eigenvalue weighted by Crippen LogP contribution is -2.42. The van der Waals surface area contributed by atoms with E-state index in [2.05, 4.69) is 36.6 Å². The molecule has 0 bridgehead atoms. The summed E-state index contributed by atoms with van der Waals surface area (Å²) in [6, 6.07) is 8.22. The molecule has 1 aromatic heterocycles. The second-order valence-electron chi connectivity index (χ2n) is 6.64. The van der Waals surface area contributed by atoms with Crippen LogP contribution in [0.2, 0.25) is 0 Å². The first-order chi connectivity index (χ1) is 12.7. The summed E-state index contributed by atoms with van der Waals surface area (Å²) in [6.45, 7) is 5.07. The Morgan fingerprint density at radius 3 is 2.63 bits per heavy atom. The number of aliphatic imine (C=N–C) groups is 1. The van der Waals surface area contributed by atoms with E-state index in [1.807, 2.05) is 25.1 Å². The van der Waals surface area contributed by atoms with Crippen LogP contribution >= 0.6 is 24.0 Å². The van der Waals surface area contributed by atoms with Crippen molar-refractivity contribution >= 4 is 46.9 Å². The number of benzene rings is 1. The van der Waals surface area contributed by atoms with Crippen molar-refractivity contribution in [3.05, 3.63) is 30.1 Å². The fraction of sp³-hybridized carbons (Fsp3) is 0.526. The molecule has 148 valence electrons. The Morgan fingerprint density at radius 2 is 1.89 bits per heavy atom. The molecule has 1 aliphatic carbocycles. The number of fused-ring (bicyclic) bond motifs is 1. The van der Waals surface area contributed by atoms with E-state index in [4.69, 9.17) is 0 Å². The maximum atomic E-state index is 11.6. The lowest BCUT2D eigenvalue weighted by atomic mass is 10.3. The van der Waals surface area contributed by atoms with Gasteiger partial charge in [0.05, 0.1) is 11.0 Å². The first-order valence-electron chi connectivity index (χ1n) is 9.33. The molecule has 1 aliphatic rings. The molecule has 1 amide bonds. The molecule has 1 aromatic carbocycles. The van der Waals surface area contributed by atoms with Gasteiger partial charge in [0.25, 0.3) is 0 Å². The largest absolute Gasteiger partial charge is 0.356 e. The van der Waals surface area contributed by atoms with Gasteiger partial charge in [0.15, 0.2) is 5.96 Å². The average Bonchev–Trinajstić information content (AvgIpc) is 3.44. The Bertz CT molecular complexity index is 784. The molecule has 0 aliphatic heterocycles. The molecule has 2 aromatic rings. The molecule has 27 heavy (non-hydrogen) atoms. The molecular formula is C19H29IN6O. The number of amides is 1. The van der Waals surface area contributed by atoms with E-state index in [-0.39, 0.29) is 35.8 Å². The summed E-state index contributed by atoms with van der Waals surface area (Å²) in [5.74, 6) is 2.24. The summed E-state index contributed by atoms with van der Waals surface area (Å²) in [6.07, 6.45) is 3.04. The van der Waals surface area contributed by atoms with Crippen molar-refractivity contribution < 1.29 is 4.79 Å². The van der Waals surface area contributed by atoms with Crippen LogP contribution in [0.25, 0.3) is 11.0 Å². The number of carbonyl (C=O) groups excluding carboxylic acids is 1. The summed E-state index contributed by atoms with van der Waals surface area (Å²) in [5, 5.41) is 9.48. The topological polar surface area (TPSA) is 83.3 Å². The highest BCUT2D eigenvalue weighted by atomic mass is 127. The zero-order valence-electron chi connectivity index (χ0n) is 16.0. The third-order valence-corrected chi connectivity index (χ3v) is 4.58. The average molecular weight is 484 g/mol. The van der Waals surface area contributed by atoms with Crippen molar-refractivity contribution in [3.63, 3.8) is 0 Å². The quantitative estimate of drug-likeness (QED) is 0.232. The predicted octanol–water partition coefficient (Wildman–Crippen LogP) is 2.04. The number of halogens is 1. The minimum atomic E-state index is 0. The van der Waals surface area contributed by atoms with E-state index in [1.54, 1.807) is 7.05 Å². The van der Waals surface area contributed by atoms with Crippen LogP contribution in [0.4, 0.5) is 0 Å². The molecule has 8 heteroatoms. The van der Waals surface area contributed by atoms with E-state index in [0.29, 0.717) is 13.1 Å². The van der Waals surface area contributed by atoms with Crippen LogP contribution in [-0.2, 0) is 11.3 Å². The first kappa shape index (κ1) is 21.5. The van der Waals surface area contributed by atoms with Gasteiger partial charge in [-0.25, -0.2) is 4.98 Å². The molecule has 1 heterocycles. The highest BCUT2D eigenvalue weighted by Crippen LogP contribution is 2.28. The van der Waals surface area contributed by atoms with Crippen LogP contribution < -0.4 is 16.0 Å². The van der Waals surface area contributed by atoms with Gasteiger partial charge in [-0.3, -0.25) is 9.79 Å². The van der Waals surface area contributed by atoms with Gasteiger partial charge in [0.2, 0.25) is 5.91 Å². The van der Waals surface area contributed by atoms with Crippen LogP contribution in [0.15, 0.2) is 29.3 Å². The van der Waals surface area contributed by atoms with Crippen LogP contribution in [0.5, 0.6) is 0 Å². The fourth-order valence-corrected chi connectivity index (χ4v) is 3.00. The summed E-state index contributed by atoms with van der Waals surface area (Å²) in [5.41, 5.74) is 2.22. The lowest BCUT2D eigenvalue weighted by Gasteiger charge is -2.13. The van der Waals surface area contributed by atoms with Gasteiger partial charge in [0, 0.05) is 39.1 Å². The number of nitrogens with zero attached hydrogens (tertiary/aromatic N) is 3. The standard InChI is InChI=1S/C19H28N6O.HI/c1-14-24-16-6-3-4-7-17(16)25(14)13-5-10-22-19(20-2)23-12-11-21-18(26)15-8-9-15;/h3-4,6-7,15H,5,8-13H2,1-2H3,(H,21,26)(H2,20,22,23);1H. The summed E-state index contributed by atoms with van der Waals surface area (Å²) >= 11 is 0. The van der Waals surface area contributed by atoms with Crippen LogP contribution in [0.3, 0.4) is 0 Å². The summed E-state index contributed by atoms with van der Waals surface area (Å²) in [7, 11) is 1.76. The van der Waals surface area contributed by atoms with Gasteiger partial charge in [0.1, 0.15) is 5.82 Å². The number of hydrogen-bond donors (Lipinski definition) is 3. The van der Waals surface area contributed by atoms with Gasteiger partial charge in [-0.15, -0.1) is 24.0 Å².